The average Bonchev–Trinajstić information content (AvgIpc) is 3.44. The molecule has 488 valence electrons. The van der Waals surface area contributed by atoms with Crippen molar-refractivity contribution in [3.63, 3.8) is 0 Å². The van der Waals surface area contributed by atoms with E-state index in [2.05, 4.69) is 26.1 Å². The normalized spacial score (nSPS) is 13.5. The van der Waals surface area contributed by atoms with Gasteiger partial charge in [0.15, 0.2) is 0 Å². The molecule has 0 heterocycles. The number of carbonyl (C=O) groups is 2. The van der Waals surface area contributed by atoms with Crippen LogP contribution in [0, 0.1) is 0 Å². The molecule has 0 saturated carbocycles. The first-order valence-corrected chi connectivity index (χ1v) is 38.0. The summed E-state index contributed by atoms with van der Waals surface area (Å²) in [5, 5.41) is 3.05. The predicted octanol–water partition coefficient (Wildman–Crippen LogP) is 22.4. The number of unbranched alkanes of at least 4 members (excludes halogenated alkanes) is 52. The quantitative estimate of drug-likeness (QED) is 0.0212. The highest BCUT2D eigenvalue weighted by molar-refractivity contribution is 7.45. The van der Waals surface area contributed by atoms with Crippen LogP contribution in [0.2, 0.25) is 0 Å². The van der Waals surface area contributed by atoms with Crippen molar-refractivity contribution >= 4 is 19.7 Å². The van der Waals surface area contributed by atoms with Crippen LogP contribution in [0.4, 0.5) is 0 Å². The summed E-state index contributed by atoms with van der Waals surface area (Å²) < 4.78 is 30.5. The zero-order chi connectivity index (χ0) is 60.0. The van der Waals surface area contributed by atoms with Gasteiger partial charge in [0.05, 0.1) is 33.8 Å². The monoisotopic (exact) mass is 1180 g/mol. The Kier molecular flexibility index (Phi) is 61.8. The molecular weight excluding hydrogens is 1040 g/mol. The molecule has 1 N–H and O–H groups in total. The number of ether oxygens (including phenoxy) is 1. The molecule has 0 aromatic heterocycles. The van der Waals surface area contributed by atoms with Crippen LogP contribution in [0.3, 0.4) is 0 Å². The molecule has 0 bridgehead atoms. The number of carbonyl (C=O) groups excluding carboxylic acids is 2. The van der Waals surface area contributed by atoms with E-state index in [1.54, 1.807) is 0 Å². The number of amides is 1. The van der Waals surface area contributed by atoms with Gasteiger partial charge >= 0.3 is 5.97 Å². The van der Waals surface area contributed by atoms with Gasteiger partial charge < -0.3 is 28.5 Å². The fourth-order valence-electron chi connectivity index (χ4n) is 11.4. The van der Waals surface area contributed by atoms with Crippen molar-refractivity contribution in [1.29, 1.82) is 0 Å². The second kappa shape index (κ2) is 62.8. The third-order valence-corrected chi connectivity index (χ3v) is 17.9. The summed E-state index contributed by atoms with van der Waals surface area (Å²) in [5.41, 5.74) is 0. The summed E-state index contributed by atoms with van der Waals surface area (Å²) in [6, 6.07) is -0.881. The lowest BCUT2D eigenvalue weighted by Gasteiger charge is -2.30. The van der Waals surface area contributed by atoms with Gasteiger partial charge in [0.1, 0.15) is 19.3 Å². The average molecular weight is 1180 g/mol. The number of hydrogen-bond acceptors (Lipinski definition) is 7. The van der Waals surface area contributed by atoms with Crippen LogP contribution in [0.1, 0.15) is 387 Å². The van der Waals surface area contributed by atoms with Gasteiger partial charge in [0, 0.05) is 12.8 Å². The maximum absolute atomic E-state index is 13.6. The van der Waals surface area contributed by atoms with E-state index < -0.39 is 20.0 Å². The zero-order valence-corrected chi connectivity index (χ0v) is 56.9. The Bertz CT molecular complexity index is 1410. The number of phosphoric acid groups is 1. The van der Waals surface area contributed by atoms with Gasteiger partial charge in [0.2, 0.25) is 5.91 Å². The number of phosphoric ester groups is 1. The van der Waals surface area contributed by atoms with Gasteiger partial charge in [-0.1, -0.05) is 354 Å². The molecule has 0 radical (unpaired) electrons. The van der Waals surface area contributed by atoms with Crippen molar-refractivity contribution < 1.29 is 37.3 Å². The maximum Gasteiger partial charge on any atom is 0.306 e. The number of likely N-dealkylation sites (N-methyl/N-ethyl adjacent to an activating group) is 1. The standard InChI is InChI=1S/C72H143N2O7P/c1-7-10-13-16-19-22-25-28-30-32-34-35-36-37-38-39-41-42-44-46-49-52-55-58-61-64-71(75)73-69(68-80-82(77,78)79-67-66-74(4,5)6)70(63-60-57-54-51-48-27-24-21-18-15-12-9-3)81-72(76)65-62-59-56-53-50-47-45-43-40-33-31-29-26-23-20-17-14-11-8-2/h60,63,69-70H,7-59,61-62,64-68H2,1-6H3,(H-,73,75,77,78)/b63-60+. The van der Waals surface area contributed by atoms with Crippen LogP contribution in [-0.2, 0) is 27.9 Å². The summed E-state index contributed by atoms with van der Waals surface area (Å²) >= 11 is 0. The Morgan fingerprint density at radius 1 is 0.415 bits per heavy atom. The Labute approximate surface area is 511 Å². The predicted molar refractivity (Wildman–Crippen MR) is 354 cm³/mol. The van der Waals surface area contributed by atoms with E-state index in [1.165, 1.54) is 295 Å². The summed E-state index contributed by atoms with van der Waals surface area (Å²) in [4.78, 5) is 40.2. The Morgan fingerprint density at radius 2 is 0.695 bits per heavy atom. The molecule has 82 heavy (non-hydrogen) atoms. The van der Waals surface area contributed by atoms with E-state index >= 15 is 0 Å². The smallest absolute Gasteiger partial charge is 0.306 e. The zero-order valence-electron chi connectivity index (χ0n) is 56.0. The van der Waals surface area contributed by atoms with E-state index in [1.807, 2.05) is 33.3 Å². The largest absolute Gasteiger partial charge is 0.756 e. The van der Waals surface area contributed by atoms with E-state index in [4.69, 9.17) is 13.8 Å². The number of nitrogens with one attached hydrogen (secondary N) is 1. The number of quaternary nitrogens is 1. The van der Waals surface area contributed by atoms with Crippen molar-refractivity contribution in [3.05, 3.63) is 12.2 Å². The highest BCUT2D eigenvalue weighted by Gasteiger charge is 2.27. The fourth-order valence-corrected chi connectivity index (χ4v) is 12.1. The SMILES string of the molecule is CCCCCCCCCCCC/C=C/C(OC(=O)CCCCCCCCCCCCCCCCCCCCC)C(COP(=O)([O-])OCC[N+](C)(C)C)NC(=O)CCCCCCCCCCCCCCCCCCCCCCCCCCC. The van der Waals surface area contributed by atoms with E-state index in [-0.39, 0.29) is 31.5 Å². The molecule has 1 amide bonds. The second-order valence-electron chi connectivity index (χ2n) is 26.5. The lowest BCUT2D eigenvalue weighted by atomic mass is 10.0. The van der Waals surface area contributed by atoms with Crippen molar-refractivity contribution in [2.75, 3.05) is 40.9 Å². The number of hydrogen-bond donors (Lipinski definition) is 1. The molecule has 0 fully saturated rings. The molecular formula is C72H143N2O7P. The summed E-state index contributed by atoms with van der Waals surface area (Å²) in [6.07, 6.45) is 74.8. The Hall–Kier alpha value is -1.25. The molecule has 0 spiro atoms. The molecule has 0 aliphatic rings. The number of nitrogens with zero attached hydrogens (tertiary/aromatic N) is 1. The first-order chi connectivity index (χ1) is 39.9. The van der Waals surface area contributed by atoms with E-state index in [0.29, 0.717) is 17.4 Å². The first-order valence-electron chi connectivity index (χ1n) is 36.5. The first kappa shape index (κ1) is 80.8. The summed E-state index contributed by atoms with van der Waals surface area (Å²) in [6.45, 7) is 6.93. The van der Waals surface area contributed by atoms with Gasteiger partial charge in [-0.2, -0.15) is 0 Å². The molecule has 0 aromatic rings. The molecule has 0 rings (SSSR count). The highest BCUT2D eigenvalue weighted by atomic mass is 31.2. The van der Waals surface area contributed by atoms with Gasteiger partial charge in [0.25, 0.3) is 7.82 Å². The van der Waals surface area contributed by atoms with Gasteiger partial charge in [-0.15, -0.1) is 0 Å². The number of allylic oxidation sites excluding steroid dienone is 1. The van der Waals surface area contributed by atoms with Crippen LogP contribution in [0.25, 0.3) is 0 Å². The van der Waals surface area contributed by atoms with E-state index in [9.17, 15) is 19.0 Å². The molecule has 0 aliphatic carbocycles. The van der Waals surface area contributed by atoms with Crippen LogP contribution < -0.4 is 10.2 Å². The molecule has 0 saturated heterocycles. The third-order valence-electron chi connectivity index (χ3n) is 17.0. The number of esters is 1. The third kappa shape index (κ3) is 63.3. The van der Waals surface area contributed by atoms with Crippen LogP contribution in [0.5, 0.6) is 0 Å². The summed E-state index contributed by atoms with van der Waals surface area (Å²) in [7, 11) is 1.21. The molecule has 0 aliphatic heterocycles. The molecule has 10 heteroatoms. The summed E-state index contributed by atoms with van der Waals surface area (Å²) in [5.74, 6) is -0.512. The van der Waals surface area contributed by atoms with E-state index in [0.717, 1.165) is 57.8 Å². The van der Waals surface area contributed by atoms with Crippen LogP contribution in [0.15, 0.2) is 12.2 Å². The van der Waals surface area contributed by atoms with Gasteiger partial charge in [-0.05, 0) is 31.8 Å². The van der Waals surface area contributed by atoms with Crippen molar-refractivity contribution in [2.24, 2.45) is 0 Å². The Morgan fingerprint density at radius 3 is 1.00 bits per heavy atom. The highest BCUT2D eigenvalue weighted by Crippen LogP contribution is 2.38. The van der Waals surface area contributed by atoms with Crippen LogP contribution in [-0.4, -0.2) is 69.4 Å². The van der Waals surface area contributed by atoms with Crippen molar-refractivity contribution in [2.45, 2.75) is 399 Å². The minimum absolute atomic E-state index is 0.0164. The van der Waals surface area contributed by atoms with Crippen LogP contribution >= 0.6 is 7.82 Å². The number of rotatable bonds is 68. The fraction of sp³-hybridized carbons (Fsp3) is 0.944. The maximum atomic E-state index is 13.6. The lowest BCUT2D eigenvalue weighted by Crippen LogP contribution is -2.47. The van der Waals surface area contributed by atoms with Crippen molar-refractivity contribution in [1.82, 2.24) is 5.32 Å². The van der Waals surface area contributed by atoms with Gasteiger partial charge in [-0.25, -0.2) is 0 Å². The lowest BCUT2D eigenvalue weighted by molar-refractivity contribution is -0.870. The van der Waals surface area contributed by atoms with Gasteiger partial charge in [-0.3, -0.25) is 14.2 Å². The molecule has 9 nitrogen and oxygen atoms in total. The molecule has 3 unspecified atom stereocenters. The van der Waals surface area contributed by atoms with Crippen molar-refractivity contribution in [3.8, 4) is 0 Å². The molecule has 3 atom stereocenters. The Balaban J connectivity index is 4.98. The minimum atomic E-state index is -4.70. The topological polar surface area (TPSA) is 114 Å². The minimum Gasteiger partial charge on any atom is -0.756 e. The second-order valence-corrected chi connectivity index (χ2v) is 27.9. The molecule has 0 aromatic carbocycles.